The van der Waals surface area contributed by atoms with Crippen molar-refractivity contribution in [3.05, 3.63) is 98.3 Å². The summed E-state index contributed by atoms with van der Waals surface area (Å²) in [4.78, 5) is 29.4. The summed E-state index contributed by atoms with van der Waals surface area (Å²) < 4.78 is 44.3. The Morgan fingerprint density at radius 1 is 1.22 bits per heavy atom. The van der Waals surface area contributed by atoms with Crippen molar-refractivity contribution < 1.29 is 23.1 Å². The largest absolute Gasteiger partial charge is 0.390 e. The molecular formula is C27H23ClF3N3O3. The summed E-state index contributed by atoms with van der Waals surface area (Å²) in [7, 11) is 0. The lowest BCUT2D eigenvalue weighted by Crippen LogP contribution is -2.43. The van der Waals surface area contributed by atoms with Gasteiger partial charge in [0.25, 0.3) is 17.4 Å². The van der Waals surface area contributed by atoms with Gasteiger partial charge in [0.15, 0.2) is 0 Å². The molecular weight excluding hydrogens is 507 g/mol. The highest BCUT2D eigenvalue weighted by Gasteiger charge is 2.42. The van der Waals surface area contributed by atoms with Crippen molar-refractivity contribution >= 4 is 23.0 Å². The smallest absolute Gasteiger partial charge is 0.294 e. The number of hydrogen-bond acceptors (Lipinski definition) is 3. The number of aliphatic hydroxyl groups is 1. The van der Waals surface area contributed by atoms with Crippen LogP contribution in [0.3, 0.4) is 0 Å². The fourth-order valence-corrected chi connectivity index (χ4v) is 4.68. The quantitative estimate of drug-likeness (QED) is 0.301. The van der Waals surface area contributed by atoms with Crippen LogP contribution in [-0.4, -0.2) is 32.9 Å². The molecule has 1 aliphatic carbocycles. The fourth-order valence-electron chi connectivity index (χ4n) is 4.50. The van der Waals surface area contributed by atoms with Crippen molar-refractivity contribution in [3.63, 3.8) is 0 Å². The Labute approximate surface area is 214 Å². The first-order valence-corrected chi connectivity index (χ1v) is 12.1. The van der Waals surface area contributed by atoms with E-state index in [1.54, 1.807) is 12.3 Å². The molecule has 1 aliphatic rings. The van der Waals surface area contributed by atoms with Crippen molar-refractivity contribution in [2.75, 3.05) is 6.61 Å². The van der Waals surface area contributed by atoms with Gasteiger partial charge in [-0.05, 0) is 60.6 Å². The van der Waals surface area contributed by atoms with Crippen LogP contribution in [0.4, 0.5) is 13.2 Å². The maximum absolute atomic E-state index is 14.7. The van der Waals surface area contributed by atoms with E-state index in [0.717, 1.165) is 42.7 Å². The maximum Gasteiger partial charge on any atom is 0.294 e. The van der Waals surface area contributed by atoms with Gasteiger partial charge in [0.2, 0.25) is 0 Å². The number of fused-ring (bicyclic) bond motifs is 1. The van der Waals surface area contributed by atoms with Crippen LogP contribution in [-0.2, 0) is 0 Å². The number of halogens is 4. The van der Waals surface area contributed by atoms with Crippen LogP contribution in [0.2, 0.25) is 5.02 Å². The number of amides is 1. The number of carbonyl (C=O) groups excluding carboxylic acids is 1. The third-order valence-corrected chi connectivity index (χ3v) is 7.04. The average molecular weight is 530 g/mol. The Morgan fingerprint density at radius 2 is 1.92 bits per heavy atom. The lowest BCUT2D eigenvalue weighted by atomic mass is 9.99. The molecule has 0 radical (unpaired) electrons. The van der Waals surface area contributed by atoms with Crippen molar-refractivity contribution in [2.45, 2.75) is 37.6 Å². The van der Waals surface area contributed by atoms with Gasteiger partial charge in [0.05, 0.1) is 11.3 Å². The van der Waals surface area contributed by atoms with E-state index in [9.17, 15) is 27.9 Å². The fraction of sp³-hybridized carbons (Fsp3) is 0.259. The zero-order valence-corrected chi connectivity index (χ0v) is 20.5. The molecule has 0 aliphatic heterocycles. The average Bonchev–Trinajstić information content (AvgIpc) is 3.63. The number of benzene rings is 2. The van der Waals surface area contributed by atoms with Crippen LogP contribution >= 0.6 is 11.6 Å². The number of H-pyrrole nitrogens is 1. The molecule has 0 spiro atoms. The van der Waals surface area contributed by atoms with Gasteiger partial charge in [-0.1, -0.05) is 35.9 Å². The second kappa shape index (κ2) is 9.39. The Morgan fingerprint density at radius 3 is 2.54 bits per heavy atom. The number of hydrogen-bond donors (Lipinski definition) is 3. The predicted octanol–water partition coefficient (Wildman–Crippen LogP) is 5.37. The zero-order chi connectivity index (χ0) is 26.5. The number of carbonyl (C=O) groups is 1. The number of aromatic amines is 1. The highest BCUT2D eigenvalue weighted by atomic mass is 35.5. The van der Waals surface area contributed by atoms with E-state index in [4.69, 9.17) is 11.6 Å². The molecule has 0 unspecified atom stereocenters. The normalized spacial score (nSPS) is 14.6. The van der Waals surface area contributed by atoms with Crippen LogP contribution in [0.1, 0.15) is 51.8 Å². The Bertz CT molecular complexity index is 1560. The lowest BCUT2D eigenvalue weighted by molar-refractivity contribution is -0.0785. The summed E-state index contributed by atoms with van der Waals surface area (Å²) in [5, 5.41) is 12.1. The first-order valence-electron chi connectivity index (χ1n) is 11.7. The molecule has 0 saturated heterocycles. The minimum atomic E-state index is -3.72. The number of nitrogens with one attached hydrogen (secondary N) is 2. The summed E-state index contributed by atoms with van der Waals surface area (Å²) in [5.41, 5.74) is 2.36. The number of alkyl halides is 2. The molecule has 10 heteroatoms. The van der Waals surface area contributed by atoms with Crippen LogP contribution in [0.25, 0.3) is 16.8 Å². The first kappa shape index (κ1) is 25.1. The van der Waals surface area contributed by atoms with Crippen LogP contribution in [0.5, 0.6) is 0 Å². The number of rotatable bonds is 7. The van der Waals surface area contributed by atoms with Gasteiger partial charge in [0.1, 0.15) is 24.0 Å². The van der Waals surface area contributed by atoms with Gasteiger partial charge in [-0.2, -0.15) is 0 Å². The van der Waals surface area contributed by atoms with Crippen molar-refractivity contribution in [2.24, 2.45) is 0 Å². The number of aliphatic hydroxyl groups excluding tert-OH is 1. The van der Waals surface area contributed by atoms with Gasteiger partial charge in [0, 0.05) is 23.0 Å². The molecule has 2 aromatic carbocycles. The minimum Gasteiger partial charge on any atom is -0.390 e. The van der Waals surface area contributed by atoms with E-state index in [2.05, 4.69) is 10.3 Å². The molecule has 192 valence electrons. The monoisotopic (exact) mass is 529 g/mol. The first-order chi connectivity index (χ1) is 17.6. The van der Waals surface area contributed by atoms with E-state index in [-0.39, 0.29) is 22.6 Å². The van der Waals surface area contributed by atoms with Crippen LogP contribution in [0.15, 0.2) is 59.7 Å². The van der Waals surface area contributed by atoms with E-state index in [0.29, 0.717) is 21.8 Å². The van der Waals surface area contributed by atoms with Crippen molar-refractivity contribution in [3.8, 4) is 11.3 Å². The van der Waals surface area contributed by atoms with Gasteiger partial charge in [-0.3, -0.25) is 9.59 Å². The second-order valence-electron chi connectivity index (χ2n) is 9.32. The molecule has 1 saturated carbocycles. The van der Waals surface area contributed by atoms with Crippen LogP contribution < -0.4 is 10.9 Å². The third-order valence-electron chi connectivity index (χ3n) is 6.63. The Hall–Kier alpha value is -3.56. The molecule has 2 aromatic heterocycles. The SMILES string of the molecule is Cc1ccc(-c2cn3cc(C(=O)N[C@@H](c4ccc(F)cc4)C(F)(F)CO)c(C4CC4)c3c(=O)[nH]2)cc1Cl. The summed E-state index contributed by atoms with van der Waals surface area (Å²) in [5.74, 6) is -5.23. The van der Waals surface area contributed by atoms with Crippen molar-refractivity contribution in [1.29, 1.82) is 0 Å². The van der Waals surface area contributed by atoms with Gasteiger partial charge in [-0.25, -0.2) is 13.2 Å². The maximum atomic E-state index is 14.7. The van der Waals surface area contributed by atoms with E-state index in [1.807, 2.05) is 19.1 Å². The van der Waals surface area contributed by atoms with Crippen LogP contribution in [0, 0.1) is 12.7 Å². The van der Waals surface area contributed by atoms with Gasteiger partial charge >= 0.3 is 0 Å². The molecule has 6 nitrogen and oxygen atoms in total. The molecule has 1 atom stereocenters. The van der Waals surface area contributed by atoms with Gasteiger partial charge < -0.3 is 19.8 Å². The lowest BCUT2D eigenvalue weighted by Gasteiger charge is -2.26. The molecule has 37 heavy (non-hydrogen) atoms. The van der Waals surface area contributed by atoms with Crippen molar-refractivity contribution in [1.82, 2.24) is 14.7 Å². The minimum absolute atomic E-state index is 0.0610. The molecule has 5 rings (SSSR count). The Kier molecular flexibility index (Phi) is 6.37. The standard InChI is InChI=1S/C27H23ClF3N3O3/c1-14-2-3-17(10-20(14)28)21-12-34-11-19(22(15-4-5-15)23(34)26(37)32-21)25(36)33-24(27(30,31)13-35)16-6-8-18(29)9-7-16/h2-3,6-12,15,24,35H,4-5,13H2,1H3,(H,32,37)(H,33,36)/t24-/m0/s1. The summed E-state index contributed by atoms with van der Waals surface area (Å²) in [6.07, 6.45) is 4.61. The van der Waals surface area contributed by atoms with E-state index < -0.39 is 35.9 Å². The molecule has 2 heterocycles. The zero-order valence-electron chi connectivity index (χ0n) is 19.7. The number of aryl methyl sites for hydroxylation is 1. The van der Waals surface area contributed by atoms with E-state index in [1.165, 1.54) is 10.6 Å². The highest BCUT2D eigenvalue weighted by molar-refractivity contribution is 6.31. The molecule has 4 aromatic rings. The summed E-state index contributed by atoms with van der Waals surface area (Å²) in [6.45, 7) is 0.334. The Balaban J connectivity index is 1.58. The summed E-state index contributed by atoms with van der Waals surface area (Å²) in [6, 6.07) is 7.70. The number of nitrogens with zero attached hydrogens (tertiary/aromatic N) is 1. The predicted molar refractivity (Wildman–Crippen MR) is 134 cm³/mol. The topological polar surface area (TPSA) is 86.6 Å². The second-order valence-corrected chi connectivity index (χ2v) is 9.73. The summed E-state index contributed by atoms with van der Waals surface area (Å²) >= 11 is 6.25. The molecule has 1 fully saturated rings. The molecule has 0 bridgehead atoms. The number of aromatic nitrogens is 2. The third kappa shape index (κ3) is 4.76. The molecule has 1 amide bonds. The highest BCUT2D eigenvalue weighted by Crippen LogP contribution is 2.44. The van der Waals surface area contributed by atoms with E-state index >= 15 is 0 Å². The molecule has 3 N–H and O–H groups in total. The van der Waals surface area contributed by atoms with Gasteiger partial charge in [-0.15, -0.1) is 0 Å².